The van der Waals surface area contributed by atoms with Crippen molar-refractivity contribution in [2.24, 2.45) is 0 Å². The van der Waals surface area contributed by atoms with E-state index in [4.69, 9.17) is 49.7 Å². The van der Waals surface area contributed by atoms with Crippen molar-refractivity contribution in [1.82, 2.24) is 0 Å². The minimum absolute atomic E-state index is 0.125. The maximum atomic E-state index is 12.9. The molecule has 3 aromatic rings. The van der Waals surface area contributed by atoms with Crippen LogP contribution in [0.15, 0.2) is 65.6 Å². The average Bonchev–Trinajstić information content (AvgIpc) is 3.07. The predicted octanol–water partition coefficient (Wildman–Crippen LogP) is 7.29. The van der Waals surface area contributed by atoms with Gasteiger partial charge in [0.1, 0.15) is 6.61 Å². The molecular formula is C24H17Cl3N2O3S. The summed E-state index contributed by atoms with van der Waals surface area (Å²) in [6.07, 6.45) is 1.72. The summed E-state index contributed by atoms with van der Waals surface area (Å²) >= 11 is 19.2. The largest absolute Gasteiger partial charge is 0.493 e. The number of thioether (sulfide) groups is 1. The highest BCUT2D eigenvalue weighted by Gasteiger charge is 2.33. The Morgan fingerprint density at radius 3 is 2.39 bits per heavy atom. The SMILES string of the molecule is COc1cc(/C=C2\SC(=N)N(c3ccc(Cl)cc3)C2=O)ccc1OCc1ccc(Cl)cc1Cl. The van der Waals surface area contributed by atoms with Gasteiger partial charge in [0, 0.05) is 20.6 Å². The van der Waals surface area contributed by atoms with Gasteiger partial charge in [-0.2, -0.15) is 0 Å². The van der Waals surface area contributed by atoms with Gasteiger partial charge in [-0.15, -0.1) is 0 Å². The molecule has 1 N–H and O–H groups in total. The molecule has 0 atom stereocenters. The smallest absolute Gasteiger partial charge is 0.271 e. The molecule has 9 heteroatoms. The fraction of sp³-hybridized carbons (Fsp3) is 0.0833. The molecule has 4 rings (SSSR count). The Morgan fingerprint density at radius 1 is 0.970 bits per heavy atom. The van der Waals surface area contributed by atoms with Crippen molar-refractivity contribution < 1.29 is 14.3 Å². The van der Waals surface area contributed by atoms with E-state index in [2.05, 4.69) is 0 Å². The molecule has 5 nitrogen and oxygen atoms in total. The molecular weight excluding hydrogens is 503 g/mol. The van der Waals surface area contributed by atoms with E-state index in [0.717, 1.165) is 22.9 Å². The third kappa shape index (κ3) is 5.31. The minimum Gasteiger partial charge on any atom is -0.493 e. The fourth-order valence-electron chi connectivity index (χ4n) is 3.15. The van der Waals surface area contributed by atoms with E-state index < -0.39 is 0 Å². The van der Waals surface area contributed by atoms with Gasteiger partial charge in [-0.3, -0.25) is 15.1 Å². The number of nitrogens with zero attached hydrogens (tertiary/aromatic N) is 1. The van der Waals surface area contributed by atoms with Crippen LogP contribution in [0.1, 0.15) is 11.1 Å². The molecule has 33 heavy (non-hydrogen) atoms. The van der Waals surface area contributed by atoms with E-state index in [1.165, 1.54) is 4.90 Å². The summed E-state index contributed by atoms with van der Waals surface area (Å²) in [5.74, 6) is 0.769. The predicted molar refractivity (Wildman–Crippen MR) is 136 cm³/mol. The molecule has 0 saturated carbocycles. The van der Waals surface area contributed by atoms with Crippen LogP contribution in [-0.4, -0.2) is 18.2 Å². The molecule has 0 aliphatic carbocycles. The lowest BCUT2D eigenvalue weighted by Gasteiger charge is -2.14. The Hall–Kier alpha value is -2.64. The summed E-state index contributed by atoms with van der Waals surface area (Å²) in [6.45, 7) is 0.244. The molecule has 1 aliphatic rings. The van der Waals surface area contributed by atoms with Crippen LogP contribution in [0.5, 0.6) is 11.5 Å². The highest BCUT2D eigenvalue weighted by molar-refractivity contribution is 8.19. The minimum atomic E-state index is -0.274. The zero-order chi connectivity index (χ0) is 23.5. The maximum absolute atomic E-state index is 12.9. The number of benzene rings is 3. The maximum Gasteiger partial charge on any atom is 0.271 e. The molecule has 0 unspecified atom stereocenters. The van der Waals surface area contributed by atoms with E-state index in [1.807, 2.05) is 6.07 Å². The van der Waals surface area contributed by atoms with Crippen LogP contribution in [-0.2, 0) is 11.4 Å². The lowest BCUT2D eigenvalue weighted by atomic mass is 10.1. The normalized spacial score (nSPS) is 14.8. The number of carbonyl (C=O) groups is 1. The molecule has 1 heterocycles. The first-order chi connectivity index (χ1) is 15.9. The van der Waals surface area contributed by atoms with Crippen LogP contribution < -0.4 is 14.4 Å². The van der Waals surface area contributed by atoms with Gasteiger partial charge in [0.25, 0.3) is 5.91 Å². The van der Waals surface area contributed by atoms with Gasteiger partial charge in [0.2, 0.25) is 0 Å². The van der Waals surface area contributed by atoms with Crippen molar-refractivity contribution >= 4 is 69.4 Å². The molecule has 0 bridgehead atoms. The van der Waals surface area contributed by atoms with Crippen molar-refractivity contribution in [3.8, 4) is 11.5 Å². The van der Waals surface area contributed by atoms with Crippen molar-refractivity contribution in [2.75, 3.05) is 12.0 Å². The molecule has 0 radical (unpaired) electrons. The fourth-order valence-corrected chi connectivity index (χ4v) is 4.60. The van der Waals surface area contributed by atoms with Gasteiger partial charge in [0.15, 0.2) is 16.7 Å². The van der Waals surface area contributed by atoms with Gasteiger partial charge in [-0.05, 0) is 71.9 Å². The van der Waals surface area contributed by atoms with E-state index in [9.17, 15) is 4.79 Å². The zero-order valence-corrected chi connectivity index (χ0v) is 20.4. The summed E-state index contributed by atoms with van der Waals surface area (Å²) in [5.41, 5.74) is 2.13. The van der Waals surface area contributed by atoms with E-state index in [0.29, 0.717) is 37.2 Å². The molecule has 1 aliphatic heterocycles. The van der Waals surface area contributed by atoms with Crippen molar-refractivity contribution in [3.63, 3.8) is 0 Å². The Bertz CT molecular complexity index is 1260. The van der Waals surface area contributed by atoms with Crippen LogP contribution in [0.3, 0.4) is 0 Å². The van der Waals surface area contributed by atoms with Crippen LogP contribution in [0.4, 0.5) is 5.69 Å². The number of hydrogen-bond donors (Lipinski definition) is 1. The Morgan fingerprint density at radius 2 is 1.70 bits per heavy atom. The number of halogens is 3. The number of nitrogens with one attached hydrogen (secondary N) is 1. The number of anilines is 1. The van der Waals surface area contributed by atoms with Crippen LogP contribution >= 0.6 is 46.6 Å². The highest BCUT2D eigenvalue weighted by Crippen LogP contribution is 2.37. The van der Waals surface area contributed by atoms with E-state index in [1.54, 1.807) is 67.8 Å². The molecule has 1 saturated heterocycles. The molecule has 1 fully saturated rings. The van der Waals surface area contributed by atoms with Crippen LogP contribution in [0, 0.1) is 5.41 Å². The number of amidine groups is 1. The molecule has 0 spiro atoms. The summed E-state index contributed by atoms with van der Waals surface area (Å²) in [4.78, 5) is 14.7. The number of rotatable bonds is 6. The Labute approximate surface area is 210 Å². The molecule has 1 amide bonds. The average molecular weight is 520 g/mol. The number of ether oxygens (including phenoxy) is 2. The lowest BCUT2D eigenvalue weighted by molar-refractivity contribution is -0.113. The van der Waals surface area contributed by atoms with E-state index >= 15 is 0 Å². The zero-order valence-electron chi connectivity index (χ0n) is 17.3. The second-order valence-corrected chi connectivity index (χ2v) is 9.28. The number of methoxy groups -OCH3 is 1. The Kier molecular flexibility index (Phi) is 7.20. The summed E-state index contributed by atoms with van der Waals surface area (Å²) in [7, 11) is 1.54. The van der Waals surface area contributed by atoms with Gasteiger partial charge < -0.3 is 9.47 Å². The summed E-state index contributed by atoms with van der Waals surface area (Å²) < 4.78 is 11.4. The van der Waals surface area contributed by atoms with Crippen molar-refractivity contribution in [1.29, 1.82) is 5.41 Å². The first-order valence-electron chi connectivity index (χ1n) is 9.68. The van der Waals surface area contributed by atoms with Gasteiger partial charge in [-0.1, -0.05) is 46.9 Å². The quantitative estimate of drug-likeness (QED) is 0.347. The molecule has 0 aromatic heterocycles. The molecule has 168 valence electrons. The van der Waals surface area contributed by atoms with Crippen LogP contribution in [0.25, 0.3) is 6.08 Å². The Balaban J connectivity index is 1.53. The van der Waals surface area contributed by atoms with Gasteiger partial charge in [-0.25, -0.2) is 0 Å². The third-order valence-electron chi connectivity index (χ3n) is 4.79. The summed E-state index contributed by atoms with van der Waals surface area (Å²) in [5, 5.41) is 10.00. The second kappa shape index (κ2) is 10.1. The van der Waals surface area contributed by atoms with Gasteiger partial charge >= 0.3 is 0 Å². The van der Waals surface area contributed by atoms with Crippen LogP contribution in [0.2, 0.25) is 15.1 Å². The van der Waals surface area contributed by atoms with Crippen molar-refractivity contribution in [2.45, 2.75) is 6.61 Å². The number of carbonyl (C=O) groups excluding carboxylic acids is 1. The number of hydrogen-bond acceptors (Lipinski definition) is 5. The van der Waals surface area contributed by atoms with Crippen molar-refractivity contribution in [3.05, 3.63) is 91.8 Å². The monoisotopic (exact) mass is 518 g/mol. The second-order valence-electron chi connectivity index (χ2n) is 6.97. The summed E-state index contributed by atoms with van der Waals surface area (Å²) in [6, 6.07) is 17.4. The topological polar surface area (TPSA) is 62.6 Å². The first kappa shape index (κ1) is 23.5. The van der Waals surface area contributed by atoms with Gasteiger partial charge in [0.05, 0.1) is 17.7 Å². The third-order valence-corrected chi connectivity index (χ3v) is 6.52. The number of amides is 1. The first-order valence-corrected chi connectivity index (χ1v) is 11.6. The molecule has 3 aromatic carbocycles. The lowest BCUT2D eigenvalue weighted by Crippen LogP contribution is -2.27. The standard InChI is InChI=1S/C24H17Cl3N2O3S/c1-31-21-10-14(2-9-20(21)32-13-15-3-4-17(26)12-19(15)27)11-22-23(30)29(24(28)33-22)18-7-5-16(25)6-8-18/h2-12,28H,13H2,1H3/b22-11-,28-24?. The highest BCUT2D eigenvalue weighted by atomic mass is 35.5. The van der Waals surface area contributed by atoms with E-state index in [-0.39, 0.29) is 17.7 Å².